The molecular weight excluding hydrogens is 471 g/mol. The molecule has 2 aromatic carbocycles. The van der Waals surface area contributed by atoms with Gasteiger partial charge in [-0.2, -0.15) is 0 Å². The Morgan fingerprint density at radius 2 is 1.79 bits per heavy atom. The SMILES string of the molecule is Cc1c2c(c(Sc3ccc(F)cc3)n1Cc1ccc(Cl)cc1)C(=O)N(C)C1=NCC(C)(C)CN12. The summed E-state index contributed by atoms with van der Waals surface area (Å²) in [4.78, 5) is 23.2. The van der Waals surface area contributed by atoms with Crippen molar-refractivity contribution in [3.05, 3.63) is 76.2 Å². The third-order valence-electron chi connectivity index (χ3n) is 6.29. The molecule has 176 valence electrons. The average Bonchev–Trinajstić information content (AvgIpc) is 3.06. The van der Waals surface area contributed by atoms with Gasteiger partial charge < -0.3 is 9.47 Å². The first kappa shape index (κ1) is 23.0. The molecule has 0 bridgehead atoms. The molecule has 5 rings (SSSR count). The molecule has 1 amide bonds. The number of carbonyl (C=O) groups is 1. The number of amides is 1. The first-order valence-electron chi connectivity index (χ1n) is 11.2. The molecule has 0 N–H and O–H groups in total. The predicted octanol–water partition coefficient (Wildman–Crippen LogP) is 6.08. The van der Waals surface area contributed by atoms with Gasteiger partial charge in [0.1, 0.15) is 5.82 Å². The van der Waals surface area contributed by atoms with Crippen LogP contribution in [0.15, 0.2) is 63.4 Å². The van der Waals surface area contributed by atoms with Crippen LogP contribution in [0.5, 0.6) is 0 Å². The molecule has 2 aliphatic heterocycles. The summed E-state index contributed by atoms with van der Waals surface area (Å²) in [5.74, 6) is 0.334. The molecular formula is C26H26ClFN4OS. The van der Waals surface area contributed by atoms with Crippen LogP contribution < -0.4 is 4.90 Å². The van der Waals surface area contributed by atoms with Crippen molar-refractivity contribution in [1.82, 2.24) is 9.47 Å². The number of aromatic nitrogens is 1. The highest BCUT2D eigenvalue weighted by Crippen LogP contribution is 2.45. The van der Waals surface area contributed by atoms with E-state index in [0.717, 1.165) is 33.4 Å². The normalized spacial score (nSPS) is 16.9. The van der Waals surface area contributed by atoms with Crippen LogP contribution in [0, 0.1) is 18.2 Å². The Morgan fingerprint density at radius 1 is 1.12 bits per heavy atom. The van der Waals surface area contributed by atoms with Gasteiger partial charge in [-0.05, 0) is 48.9 Å². The fraction of sp³-hybridized carbons (Fsp3) is 0.308. The van der Waals surface area contributed by atoms with Gasteiger partial charge in [0, 0.05) is 47.7 Å². The number of carbonyl (C=O) groups excluding carboxylic acids is 1. The standard InChI is InChI=1S/C26H26ClFN4OS/c1-16-22-21(23(33)30(4)25-29-14-26(2,3)15-32(22)25)24(34-20-11-9-19(28)10-12-20)31(16)13-17-5-7-18(27)8-6-17/h5-12H,13-15H2,1-4H3. The lowest BCUT2D eigenvalue weighted by Gasteiger charge is -2.43. The van der Waals surface area contributed by atoms with E-state index < -0.39 is 0 Å². The Hall–Kier alpha value is -2.77. The molecule has 34 heavy (non-hydrogen) atoms. The van der Waals surface area contributed by atoms with Gasteiger partial charge in [-0.1, -0.05) is 49.3 Å². The van der Waals surface area contributed by atoms with E-state index in [-0.39, 0.29) is 17.1 Å². The molecule has 0 saturated carbocycles. The minimum absolute atomic E-state index is 0.0169. The molecule has 2 aliphatic rings. The zero-order valence-electron chi connectivity index (χ0n) is 19.6. The predicted molar refractivity (Wildman–Crippen MR) is 136 cm³/mol. The van der Waals surface area contributed by atoms with E-state index in [4.69, 9.17) is 16.6 Å². The van der Waals surface area contributed by atoms with E-state index in [1.807, 2.05) is 24.3 Å². The number of fused-ring (bicyclic) bond motifs is 3. The van der Waals surface area contributed by atoms with Crippen LogP contribution in [-0.4, -0.2) is 41.5 Å². The van der Waals surface area contributed by atoms with Gasteiger partial charge in [0.05, 0.1) is 16.3 Å². The van der Waals surface area contributed by atoms with Crippen LogP contribution >= 0.6 is 23.4 Å². The van der Waals surface area contributed by atoms with Crippen molar-refractivity contribution in [2.45, 2.75) is 37.2 Å². The Balaban J connectivity index is 1.69. The maximum Gasteiger partial charge on any atom is 0.265 e. The number of anilines is 1. The lowest BCUT2D eigenvalue weighted by Crippen LogP contribution is -2.56. The number of guanidine groups is 1. The minimum Gasteiger partial charge on any atom is -0.333 e. The van der Waals surface area contributed by atoms with Crippen LogP contribution in [0.2, 0.25) is 5.02 Å². The summed E-state index contributed by atoms with van der Waals surface area (Å²) in [7, 11) is 1.79. The molecule has 0 fully saturated rings. The van der Waals surface area contributed by atoms with Crippen LogP contribution in [0.4, 0.5) is 10.1 Å². The second-order valence-electron chi connectivity index (χ2n) is 9.61. The van der Waals surface area contributed by atoms with Crippen LogP contribution in [0.1, 0.15) is 35.5 Å². The first-order chi connectivity index (χ1) is 16.1. The fourth-order valence-corrected chi connectivity index (χ4v) is 5.77. The molecule has 0 saturated heterocycles. The van der Waals surface area contributed by atoms with E-state index >= 15 is 0 Å². The highest BCUT2D eigenvalue weighted by Gasteiger charge is 2.43. The number of benzene rings is 2. The molecule has 1 aromatic heterocycles. The number of rotatable bonds is 4. The Bertz CT molecular complexity index is 1300. The number of nitrogens with zero attached hydrogens (tertiary/aromatic N) is 4. The summed E-state index contributed by atoms with van der Waals surface area (Å²) >= 11 is 7.59. The summed E-state index contributed by atoms with van der Waals surface area (Å²) in [5, 5.41) is 1.52. The lowest BCUT2D eigenvalue weighted by atomic mass is 9.90. The van der Waals surface area contributed by atoms with Gasteiger partial charge in [0.25, 0.3) is 5.91 Å². The summed E-state index contributed by atoms with van der Waals surface area (Å²) in [6, 6.07) is 14.1. The largest absolute Gasteiger partial charge is 0.333 e. The summed E-state index contributed by atoms with van der Waals surface area (Å²) < 4.78 is 15.7. The van der Waals surface area contributed by atoms with Crippen molar-refractivity contribution in [3.63, 3.8) is 0 Å². The van der Waals surface area contributed by atoms with Gasteiger partial charge >= 0.3 is 0 Å². The summed E-state index contributed by atoms with van der Waals surface area (Å²) in [5.41, 5.74) is 3.64. The van der Waals surface area contributed by atoms with E-state index in [2.05, 4.69) is 30.2 Å². The molecule has 5 nitrogen and oxygen atoms in total. The summed E-state index contributed by atoms with van der Waals surface area (Å²) in [6.45, 7) is 8.47. The number of aliphatic imine (C=N–C) groups is 1. The minimum atomic E-state index is -0.286. The highest BCUT2D eigenvalue weighted by atomic mass is 35.5. The Morgan fingerprint density at radius 3 is 2.47 bits per heavy atom. The highest BCUT2D eigenvalue weighted by molar-refractivity contribution is 7.99. The quantitative estimate of drug-likeness (QED) is 0.439. The Labute approximate surface area is 208 Å². The molecule has 0 radical (unpaired) electrons. The van der Waals surface area contributed by atoms with Gasteiger partial charge in [0.2, 0.25) is 5.96 Å². The maximum absolute atomic E-state index is 13.7. The van der Waals surface area contributed by atoms with E-state index in [0.29, 0.717) is 29.6 Å². The van der Waals surface area contributed by atoms with Crippen molar-refractivity contribution in [3.8, 4) is 0 Å². The fourth-order valence-electron chi connectivity index (χ4n) is 4.55. The molecule has 0 unspecified atom stereocenters. The average molecular weight is 497 g/mol. The summed E-state index contributed by atoms with van der Waals surface area (Å²) in [6.07, 6.45) is 0. The Kier molecular flexibility index (Phi) is 5.73. The molecule has 8 heteroatoms. The van der Waals surface area contributed by atoms with Gasteiger partial charge in [0.15, 0.2) is 0 Å². The van der Waals surface area contributed by atoms with Crippen LogP contribution in [0.25, 0.3) is 0 Å². The van der Waals surface area contributed by atoms with E-state index in [1.165, 1.54) is 23.9 Å². The molecule has 0 spiro atoms. The molecule has 3 aromatic rings. The third-order valence-corrected chi connectivity index (χ3v) is 7.67. The van der Waals surface area contributed by atoms with Crippen molar-refractivity contribution in [2.75, 3.05) is 25.0 Å². The van der Waals surface area contributed by atoms with Gasteiger partial charge in [-0.3, -0.25) is 14.7 Å². The number of halogens is 2. The monoisotopic (exact) mass is 496 g/mol. The maximum atomic E-state index is 13.7. The lowest BCUT2D eigenvalue weighted by molar-refractivity contribution is 0.0857. The van der Waals surface area contributed by atoms with Gasteiger partial charge in [-0.25, -0.2) is 4.39 Å². The van der Waals surface area contributed by atoms with Crippen molar-refractivity contribution >= 4 is 40.9 Å². The zero-order chi connectivity index (χ0) is 24.2. The third kappa shape index (κ3) is 4.01. The topological polar surface area (TPSA) is 40.8 Å². The number of hydrogen-bond donors (Lipinski definition) is 0. The van der Waals surface area contributed by atoms with E-state index in [9.17, 15) is 9.18 Å². The number of hydrogen-bond acceptors (Lipinski definition) is 4. The van der Waals surface area contributed by atoms with Crippen LogP contribution in [-0.2, 0) is 6.54 Å². The first-order valence-corrected chi connectivity index (χ1v) is 12.3. The second-order valence-corrected chi connectivity index (χ2v) is 11.1. The second kappa shape index (κ2) is 8.47. The molecule has 0 aliphatic carbocycles. The van der Waals surface area contributed by atoms with Crippen molar-refractivity contribution in [2.24, 2.45) is 10.4 Å². The molecule has 3 heterocycles. The van der Waals surface area contributed by atoms with E-state index in [1.54, 1.807) is 24.1 Å². The van der Waals surface area contributed by atoms with Crippen molar-refractivity contribution < 1.29 is 9.18 Å². The van der Waals surface area contributed by atoms with Crippen molar-refractivity contribution in [1.29, 1.82) is 0 Å². The van der Waals surface area contributed by atoms with Crippen LogP contribution in [0.3, 0.4) is 0 Å². The van der Waals surface area contributed by atoms with Gasteiger partial charge in [-0.15, -0.1) is 0 Å². The molecule has 0 atom stereocenters. The zero-order valence-corrected chi connectivity index (χ0v) is 21.2. The smallest absolute Gasteiger partial charge is 0.265 e.